The SMILES string of the molecule is CCOC(=O)Cc1cc(F)cc(OC)c1C. The van der Waals surface area contributed by atoms with Gasteiger partial charge in [-0.1, -0.05) is 0 Å². The number of carbonyl (C=O) groups excluding carboxylic acids is 1. The summed E-state index contributed by atoms with van der Waals surface area (Å²) in [4.78, 5) is 11.3. The molecule has 3 nitrogen and oxygen atoms in total. The summed E-state index contributed by atoms with van der Waals surface area (Å²) in [6, 6.07) is 2.62. The van der Waals surface area contributed by atoms with E-state index in [0.29, 0.717) is 17.9 Å². The predicted octanol–water partition coefficient (Wildman–Crippen LogP) is 2.25. The van der Waals surface area contributed by atoms with E-state index in [0.717, 1.165) is 5.56 Å². The number of carbonyl (C=O) groups is 1. The summed E-state index contributed by atoms with van der Waals surface area (Å²) in [6.07, 6.45) is 0.0633. The van der Waals surface area contributed by atoms with E-state index in [-0.39, 0.29) is 12.4 Å². The summed E-state index contributed by atoms with van der Waals surface area (Å²) in [6.45, 7) is 3.84. The Morgan fingerprint density at radius 1 is 1.44 bits per heavy atom. The highest BCUT2D eigenvalue weighted by Crippen LogP contribution is 2.23. The second-order valence-corrected chi connectivity index (χ2v) is 3.37. The van der Waals surface area contributed by atoms with E-state index < -0.39 is 5.82 Å². The lowest BCUT2D eigenvalue weighted by Gasteiger charge is -2.10. The van der Waals surface area contributed by atoms with Crippen LogP contribution in [0.2, 0.25) is 0 Å². The Balaban J connectivity index is 2.95. The maximum Gasteiger partial charge on any atom is 0.310 e. The van der Waals surface area contributed by atoms with Gasteiger partial charge in [-0.05, 0) is 31.0 Å². The third kappa shape index (κ3) is 2.95. The lowest BCUT2D eigenvalue weighted by molar-refractivity contribution is -0.142. The van der Waals surface area contributed by atoms with Crippen LogP contribution >= 0.6 is 0 Å². The van der Waals surface area contributed by atoms with Crippen LogP contribution in [0.3, 0.4) is 0 Å². The van der Waals surface area contributed by atoms with Crippen molar-refractivity contribution in [3.05, 3.63) is 29.1 Å². The molecule has 0 heterocycles. The Kier molecular flexibility index (Phi) is 4.28. The molecule has 0 aliphatic heterocycles. The Morgan fingerprint density at radius 2 is 2.12 bits per heavy atom. The monoisotopic (exact) mass is 226 g/mol. The van der Waals surface area contributed by atoms with Crippen LogP contribution in [0, 0.1) is 12.7 Å². The molecule has 0 saturated heterocycles. The van der Waals surface area contributed by atoms with Crippen molar-refractivity contribution in [1.29, 1.82) is 0 Å². The molecule has 0 spiro atoms. The van der Waals surface area contributed by atoms with Crippen molar-refractivity contribution in [3.8, 4) is 5.75 Å². The molecule has 0 aliphatic carbocycles. The fourth-order valence-corrected chi connectivity index (χ4v) is 1.47. The fourth-order valence-electron chi connectivity index (χ4n) is 1.47. The number of benzene rings is 1. The zero-order chi connectivity index (χ0) is 12.1. The Bertz CT molecular complexity index is 388. The first-order valence-corrected chi connectivity index (χ1v) is 5.07. The number of rotatable bonds is 4. The quantitative estimate of drug-likeness (QED) is 0.739. The van der Waals surface area contributed by atoms with Gasteiger partial charge in [0.25, 0.3) is 0 Å². The highest BCUT2D eigenvalue weighted by Gasteiger charge is 2.12. The summed E-state index contributed by atoms with van der Waals surface area (Å²) >= 11 is 0. The van der Waals surface area contributed by atoms with Crippen molar-refractivity contribution >= 4 is 5.97 Å². The van der Waals surface area contributed by atoms with Gasteiger partial charge in [-0.3, -0.25) is 4.79 Å². The number of methoxy groups -OCH3 is 1. The number of halogens is 1. The molecule has 1 aromatic carbocycles. The smallest absolute Gasteiger partial charge is 0.310 e. The zero-order valence-corrected chi connectivity index (χ0v) is 9.67. The summed E-state index contributed by atoms with van der Waals surface area (Å²) in [7, 11) is 1.47. The molecule has 0 aromatic heterocycles. The normalized spacial score (nSPS) is 10.0. The van der Waals surface area contributed by atoms with E-state index in [4.69, 9.17) is 9.47 Å². The first-order chi connectivity index (χ1) is 7.58. The molecular formula is C12H15FO3. The van der Waals surface area contributed by atoms with Gasteiger partial charge in [-0.15, -0.1) is 0 Å². The molecule has 1 aromatic rings. The van der Waals surface area contributed by atoms with E-state index in [1.54, 1.807) is 13.8 Å². The summed E-state index contributed by atoms with van der Waals surface area (Å²) in [5.41, 5.74) is 1.35. The van der Waals surface area contributed by atoms with E-state index in [9.17, 15) is 9.18 Å². The van der Waals surface area contributed by atoms with Gasteiger partial charge in [0.1, 0.15) is 11.6 Å². The highest BCUT2D eigenvalue weighted by molar-refractivity contribution is 5.73. The van der Waals surface area contributed by atoms with Gasteiger partial charge in [-0.2, -0.15) is 0 Å². The van der Waals surface area contributed by atoms with E-state index in [1.807, 2.05) is 0 Å². The average Bonchev–Trinajstić information content (AvgIpc) is 2.23. The van der Waals surface area contributed by atoms with Crippen LogP contribution < -0.4 is 4.74 Å². The molecule has 0 unspecified atom stereocenters. The van der Waals surface area contributed by atoms with E-state index in [1.165, 1.54) is 19.2 Å². The molecule has 0 amide bonds. The summed E-state index contributed by atoms with van der Waals surface area (Å²) in [5.74, 6) is -0.334. The molecule has 88 valence electrons. The molecule has 0 aliphatic rings. The lowest BCUT2D eigenvalue weighted by Crippen LogP contribution is -2.09. The first kappa shape index (κ1) is 12.5. The van der Waals surface area contributed by atoms with Crippen LogP contribution in [0.4, 0.5) is 4.39 Å². The number of ether oxygens (including phenoxy) is 2. The van der Waals surface area contributed by atoms with Gasteiger partial charge in [0.15, 0.2) is 0 Å². The Morgan fingerprint density at radius 3 is 2.69 bits per heavy atom. The minimum Gasteiger partial charge on any atom is -0.496 e. The van der Waals surface area contributed by atoms with Gasteiger partial charge in [0, 0.05) is 6.07 Å². The molecular weight excluding hydrogens is 211 g/mol. The van der Waals surface area contributed by atoms with Gasteiger partial charge in [-0.25, -0.2) is 4.39 Å². The van der Waals surface area contributed by atoms with Gasteiger partial charge in [0.05, 0.1) is 20.1 Å². The third-order valence-electron chi connectivity index (χ3n) is 2.29. The van der Waals surface area contributed by atoms with Crippen molar-refractivity contribution in [2.24, 2.45) is 0 Å². The number of esters is 1. The summed E-state index contributed by atoms with van der Waals surface area (Å²) in [5, 5.41) is 0. The molecule has 0 radical (unpaired) electrons. The maximum atomic E-state index is 13.2. The predicted molar refractivity (Wildman–Crippen MR) is 58.0 cm³/mol. The maximum absolute atomic E-state index is 13.2. The van der Waals surface area contributed by atoms with E-state index >= 15 is 0 Å². The van der Waals surface area contributed by atoms with E-state index in [2.05, 4.69) is 0 Å². The molecule has 1 rings (SSSR count). The summed E-state index contributed by atoms with van der Waals surface area (Å²) < 4.78 is 23.0. The van der Waals surface area contributed by atoms with Gasteiger partial charge in [0.2, 0.25) is 0 Å². The minimum atomic E-state index is -0.415. The average molecular weight is 226 g/mol. The number of hydrogen-bond acceptors (Lipinski definition) is 3. The topological polar surface area (TPSA) is 35.5 Å². The lowest BCUT2D eigenvalue weighted by atomic mass is 10.0. The van der Waals surface area contributed by atoms with Crippen molar-refractivity contribution in [1.82, 2.24) is 0 Å². The molecule has 4 heteroatoms. The molecule has 0 fully saturated rings. The standard InChI is InChI=1S/C12H15FO3/c1-4-16-12(14)6-9-5-10(13)7-11(15-3)8(9)2/h5,7H,4,6H2,1-3H3. The molecule has 0 N–H and O–H groups in total. The van der Waals surface area contributed by atoms with Crippen molar-refractivity contribution < 1.29 is 18.7 Å². The number of hydrogen-bond donors (Lipinski definition) is 0. The molecule has 0 bridgehead atoms. The highest BCUT2D eigenvalue weighted by atomic mass is 19.1. The fraction of sp³-hybridized carbons (Fsp3) is 0.417. The Labute approximate surface area is 94.2 Å². The van der Waals surface area contributed by atoms with Gasteiger partial charge < -0.3 is 9.47 Å². The van der Waals surface area contributed by atoms with Crippen LogP contribution in [0.15, 0.2) is 12.1 Å². The van der Waals surface area contributed by atoms with Crippen LogP contribution in [-0.2, 0) is 16.0 Å². The van der Waals surface area contributed by atoms with Gasteiger partial charge >= 0.3 is 5.97 Å². The van der Waals surface area contributed by atoms with Crippen molar-refractivity contribution in [3.63, 3.8) is 0 Å². The molecule has 0 atom stereocenters. The zero-order valence-electron chi connectivity index (χ0n) is 9.67. The van der Waals surface area contributed by atoms with Crippen LogP contribution in [-0.4, -0.2) is 19.7 Å². The van der Waals surface area contributed by atoms with Crippen LogP contribution in [0.5, 0.6) is 5.75 Å². The third-order valence-corrected chi connectivity index (χ3v) is 2.29. The van der Waals surface area contributed by atoms with Crippen LogP contribution in [0.25, 0.3) is 0 Å². The van der Waals surface area contributed by atoms with Crippen molar-refractivity contribution in [2.75, 3.05) is 13.7 Å². The molecule has 16 heavy (non-hydrogen) atoms. The molecule has 0 saturated carbocycles. The minimum absolute atomic E-state index is 0.0633. The largest absolute Gasteiger partial charge is 0.496 e. The van der Waals surface area contributed by atoms with Crippen molar-refractivity contribution in [2.45, 2.75) is 20.3 Å². The second kappa shape index (κ2) is 5.49. The second-order valence-electron chi connectivity index (χ2n) is 3.37. The van der Waals surface area contributed by atoms with Crippen LogP contribution in [0.1, 0.15) is 18.1 Å². The Hall–Kier alpha value is -1.58. The first-order valence-electron chi connectivity index (χ1n) is 5.07.